The largest absolute Gasteiger partial charge is 0.497 e. The Morgan fingerprint density at radius 3 is 2.54 bits per heavy atom. The molecule has 0 aliphatic heterocycles. The van der Waals surface area contributed by atoms with E-state index in [1.165, 1.54) is 16.8 Å². The van der Waals surface area contributed by atoms with Crippen LogP contribution in [0.15, 0.2) is 53.6 Å². The summed E-state index contributed by atoms with van der Waals surface area (Å²) in [6.07, 6.45) is 0.890. The van der Waals surface area contributed by atoms with Crippen molar-refractivity contribution in [3.63, 3.8) is 0 Å². The van der Waals surface area contributed by atoms with Gasteiger partial charge >= 0.3 is 0 Å². The summed E-state index contributed by atoms with van der Waals surface area (Å²) in [7, 11) is 1.67. The number of hydrogen-bond donors (Lipinski definition) is 0. The third-order valence-electron chi connectivity index (χ3n) is 4.32. The highest BCUT2D eigenvalue weighted by Crippen LogP contribution is 2.28. The van der Waals surface area contributed by atoms with Crippen LogP contribution in [0.25, 0.3) is 21.3 Å². The van der Waals surface area contributed by atoms with Crippen molar-refractivity contribution in [1.82, 2.24) is 4.57 Å². The minimum absolute atomic E-state index is 0.385. The van der Waals surface area contributed by atoms with Crippen molar-refractivity contribution in [2.24, 2.45) is 5.11 Å². The highest BCUT2D eigenvalue weighted by atomic mass is 16.5. The molecule has 0 unspecified atom stereocenters. The minimum Gasteiger partial charge on any atom is -0.497 e. The minimum atomic E-state index is 0.385. The molecule has 0 radical (unpaired) electrons. The van der Waals surface area contributed by atoms with Gasteiger partial charge < -0.3 is 9.30 Å². The molecule has 5 heteroatoms. The molecule has 0 spiro atoms. The first-order valence-corrected chi connectivity index (χ1v) is 8.01. The van der Waals surface area contributed by atoms with Crippen molar-refractivity contribution in [3.8, 4) is 5.75 Å². The van der Waals surface area contributed by atoms with E-state index in [0.29, 0.717) is 6.54 Å². The molecule has 0 aliphatic rings. The average molecular weight is 320 g/mol. The predicted octanol–water partition coefficient (Wildman–Crippen LogP) is 5.07. The van der Waals surface area contributed by atoms with Gasteiger partial charge in [-0.2, -0.15) is 0 Å². The van der Waals surface area contributed by atoms with Crippen LogP contribution in [0.2, 0.25) is 0 Å². The number of hydrogen-bond acceptors (Lipinski definition) is 2. The second-order valence-corrected chi connectivity index (χ2v) is 5.62. The van der Waals surface area contributed by atoms with E-state index in [9.17, 15) is 0 Å². The molecule has 1 aromatic heterocycles. The van der Waals surface area contributed by atoms with E-state index in [-0.39, 0.29) is 0 Å². The van der Waals surface area contributed by atoms with Crippen LogP contribution in [0.1, 0.15) is 23.7 Å². The number of ether oxygens (including phenoxy) is 1. The monoisotopic (exact) mass is 320 g/mol. The van der Waals surface area contributed by atoms with Gasteiger partial charge in [-0.3, -0.25) is 0 Å². The molecule has 3 aromatic rings. The number of methoxy groups -OCH3 is 1. The van der Waals surface area contributed by atoms with E-state index in [4.69, 9.17) is 10.3 Å². The zero-order chi connectivity index (χ0) is 16.9. The standard InChI is InChI=1S/C19H20N4O/c1-3-18-17(12-21-22-20)16-6-4-5-7-19(16)23(18)13-14-8-10-15(24-2)11-9-14/h4-11H,3,12-13H2,1-2H3. The first-order chi connectivity index (χ1) is 11.8. The Morgan fingerprint density at radius 2 is 1.88 bits per heavy atom. The molecule has 0 bridgehead atoms. The third-order valence-corrected chi connectivity index (χ3v) is 4.32. The zero-order valence-electron chi connectivity index (χ0n) is 13.9. The van der Waals surface area contributed by atoms with E-state index in [1.54, 1.807) is 7.11 Å². The Hall–Kier alpha value is -2.91. The third kappa shape index (κ3) is 2.94. The number of aromatic nitrogens is 1. The summed E-state index contributed by atoms with van der Waals surface area (Å²) in [5.74, 6) is 0.857. The molecule has 122 valence electrons. The van der Waals surface area contributed by atoms with Crippen molar-refractivity contribution in [3.05, 3.63) is 75.8 Å². The van der Waals surface area contributed by atoms with Gasteiger partial charge in [0.15, 0.2) is 0 Å². The highest BCUT2D eigenvalue weighted by molar-refractivity contribution is 5.85. The first-order valence-electron chi connectivity index (χ1n) is 8.01. The number of rotatable bonds is 6. The summed E-state index contributed by atoms with van der Waals surface area (Å²) in [5.41, 5.74) is 13.4. The quantitative estimate of drug-likeness (QED) is 0.355. The molecule has 0 aliphatic carbocycles. The van der Waals surface area contributed by atoms with E-state index in [1.807, 2.05) is 24.3 Å². The molecule has 5 nitrogen and oxygen atoms in total. The van der Waals surface area contributed by atoms with E-state index in [0.717, 1.165) is 29.7 Å². The van der Waals surface area contributed by atoms with Crippen molar-refractivity contribution in [1.29, 1.82) is 0 Å². The molecule has 0 atom stereocenters. The fourth-order valence-corrected chi connectivity index (χ4v) is 3.21. The van der Waals surface area contributed by atoms with Crippen LogP contribution < -0.4 is 4.74 Å². The van der Waals surface area contributed by atoms with Crippen molar-refractivity contribution in [2.45, 2.75) is 26.4 Å². The molecule has 0 saturated heterocycles. The molecule has 1 heterocycles. The van der Waals surface area contributed by atoms with Gasteiger partial charge in [0, 0.05) is 28.1 Å². The van der Waals surface area contributed by atoms with Crippen LogP contribution in [-0.4, -0.2) is 11.7 Å². The lowest BCUT2D eigenvalue weighted by Crippen LogP contribution is -2.05. The number of para-hydroxylation sites is 1. The van der Waals surface area contributed by atoms with Gasteiger partial charge in [0.25, 0.3) is 0 Å². The summed E-state index contributed by atoms with van der Waals surface area (Å²) in [4.78, 5) is 2.93. The fourth-order valence-electron chi connectivity index (χ4n) is 3.21. The van der Waals surface area contributed by atoms with Gasteiger partial charge in [0.2, 0.25) is 0 Å². The van der Waals surface area contributed by atoms with Crippen molar-refractivity contribution >= 4 is 10.9 Å². The zero-order valence-corrected chi connectivity index (χ0v) is 13.9. The molecular formula is C19H20N4O. The van der Waals surface area contributed by atoms with E-state index < -0.39 is 0 Å². The topological polar surface area (TPSA) is 62.9 Å². The summed E-state index contributed by atoms with van der Waals surface area (Å²) in [5, 5.41) is 4.96. The van der Waals surface area contributed by atoms with Crippen LogP contribution in [-0.2, 0) is 19.5 Å². The highest BCUT2D eigenvalue weighted by Gasteiger charge is 2.15. The summed E-state index contributed by atoms with van der Waals surface area (Å²) < 4.78 is 7.55. The van der Waals surface area contributed by atoms with Gasteiger partial charge in [0.1, 0.15) is 5.75 Å². The maximum atomic E-state index is 8.69. The number of benzene rings is 2. The lowest BCUT2D eigenvalue weighted by molar-refractivity contribution is 0.414. The van der Waals surface area contributed by atoms with Gasteiger partial charge in [-0.05, 0) is 41.3 Å². The van der Waals surface area contributed by atoms with Gasteiger partial charge in [-0.15, -0.1) is 0 Å². The van der Waals surface area contributed by atoms with E-state index in [2.05, 4.69) is 45.8 Å². The lowest BCUT2D eigenvalue weighted by atomic mass is 10.1. The molecule has 24 heavy (non-hydrogen) atoms. The average Bonchev–Trinajstić information content (AvgIpc) is 2.93. The molecule has 2 aromatic carbocycles. The van der Waals surface area contributed by atoms with Crippen molar-refractivity contribution < 1.29 is 4.74 Å². The van der Waals surface area contributed by atoms with Gasteiger partial charge in [0.05, 0.1) is 13.7 Å². The van der Waals surface area contributed by atoms with Crippen molar-refractivity contribution in [2.75, 3.05) is 7.11 Å². The van der Waals surface area contributed by atoms with Gasteiger partial charge in [-0.1, -0.05) is 42.4 Å². The smallest absolute Gasteiger partial charge is 0.118 e. The summed E-state index contributed by atoms with van der Waals surface area (Å²) in [6, 6.07) is 16.4. The fraction of sp³-hybridized carbons (Fsp3) is 0.263. The molecule has 0 amide bonds. The maximum absolute atomic E-state index is 8.69. The number of nitrogens with zero attached hydrogens (tertiary/aromatic N) is 4. The van der Waals surface area contributed by atoms with Crippen LogP contribution in [0, 0.1) is 0 Å². The summed E-state index contributed by atoms with van der Waals surface area (Å²) >= 11 is 0. The molecule has 0 saturated carbocycles. The molecular weight excluding hydrogens is 300 g/mol. The lowest BCUT2D eigenvalue weighted by Gasteiger charge is -2.11. The Kier molecular flexibility index (Phi) is 4.73. The predicted molar refractivity (Wildman–Crippen MR) is 96.3 cm³/mol. The molecule has 0 N–H and O–H groups in total. The Bertz CT molecular complexity index is 890. The van der Waals surface area contributed by atoms with Crippen LogP contribution >= 0.6 is 0 Å². The normalized spacial score (nSPS) is 10.6. The molecule has 0 fully saturated rings. The number of fused-ring (bicyclic) bond motifs is 1. The summed E-state index contributed by atoms with van der Waals surface area (Å²) in [6.45, 7) is 3.30. The van der Waals surface area contributed by atoms with E-state index >= 15 is 0 Å². The van der Waals surface area contributed by atoms with Gasteiger partial charge in [-0.25, -0.2) is 0 Å². The van der Waals surface area contributed by atoms with Crippen LogP contribution in [0.4, 0.5) is 0 Å². The maximum Gasteiger partial charge on any atom is 0.118 e. The Balaban J connectivity index is 2.09. The second-order valence-electron chi connectivity index (χ2n) is 5.62. The first kappa shape index (κ1) is 16.0. The van der Waals surface area contributed by atoms with Crippen LogP contribution in [0.3, 0.4) is 0 Å². The Morgan fingerprint density at radius 1 is 1.12 bits per heavy atom. The SMILES string of the molecule is CCc1c(CN=[N+]=[N-])c2ccccc2n1Cc1ccc(OC)cc1. The Labute approximate surface area is 141 Å². The second kappa shape index (κ2) is 7.11. The number of azide groups is 1. The molecule has 3 rings (SSSR count). The van der Waals surface area contributed by atoms with Crippen LogP contribution in [0.5, 0.6) is 5.75 Å².